The average molecular weight is 463 g/mol. The summed E-state index contributed by atoms with van der Waals surface area (Å²) in [6.45, 7) is 0. The van der Waals surface area contributed by atoms with Crippen molar-refractivity contribution in [2.75, 3.05) is 5.32 Å². The maximum absolute atomic E-state index is 15.2. The molecule has 0 aliphatic heterocycles. The van der Waals surface area contributed by atoms with Crippen LogP contribution in [0.5, 0.6) is 0 Å². The highest BCUT2D eigenvalue weighted by Crippen LogP contribution is 2.41. The Hall–Kier alpha value is -2.46. The summed E-state index contributed by atoms with van der Waals surface area (Å²) < 4.78 is 75.7. The zero-order chi connectivity index (χ0) is 22.2. The van der Waals surface area contributed by atoms with Crippen LogP contribution in [0.3, 0.4) is 0 Å². The number of hydrogen-bond acceptors (Lipinski definition) is 4. The summed E-state index contributed by atoms with van der Waals surface area (Å²) in [6, 6.07) is 6.71. The zero-order valence-electron chi connectivity index (χ0n) is 15.2. The molecule has 1 amide bonds. The first-order valence-electron chi connectivity index (χ1n) is 8.66. The Morgan fingerprint density at radius 2 is 1.83 bits per heavy atom. The number of halogens is 5. The number of anilines is 1. The summed E-state index contributed by atoms with van der Waals surface area (Å²) in [5.74, 6) is -0.560. The molecule has 0 bridgehead atoms. The van der Waals surface area contributed by atoms with Gasteiger partial charge in [0, 0.05) is 23.9 Å². The van der Waals surface area contributed by atoms with Gasteiger partial charge in [-0.15, -0.1) is 0 Å². The predicted octanol–water partition coefficient (Wildman–Crippen LogP) is 4.94. The first-order valence-corrected chi connectivity index (χ1v) is 10.5. The monoisotopic (exact) mass is 462 g/mol. The fourth-order valence-corrected chi connectivity index (χ4v) is 4.07. The smallest absolute Gasteiger partial charge is 0.322 e. The Bertz CT molecular complexity index is 1100. The van der Waals surface area contributed by atoms with Crippen LogP contribution in [0.1, 0.15) is 25.0 Å². The van der Waals surface area contributed by atoms with Gasteiger partial charge >= 0.3 is 5.51 Å². The molecule has 1 atom stereocenters. The third kappa shape index (κ3) is 4.34. The van der Waals surface area contributed by atoms with Crippen molar-refractivity contribution in [2.45, 2.75) is 35.3 Å². The molecule has 1 N–H and O–H groups in total. The van der Waals surface area contributed by atoms with Crippen molar-refractivity contribution in [1.82, 2.24) is 4.98 Å². The lowest BCUT2D eigenvalue weighted by atomic mass is 9.84. The Morgan fingerprint density at radius 3 is 2.37 bits per heavy atom. The largest absolute Gasteiger partial charge is 0.501 e. The van der Waals surface area contributed by atoms with Crippen LogP contribution in [0.25, 0.3) is 0 Å². The number of sulfone groups is 1. The molecule has 0 saturated heterocycles. The number of nitrogens with zero attached hydrogens (tertiary/aromatic N) is 1. The van der Waals surface area contributed by atoms with E-state index in [1.807, 2.05) is 0 Å². The van der Waals surface area contributed by atoms with Crippen molar-refractivity contribution < 1.29 is 30.8 Å². The summed E-state index contributed by atoms with van der Waals surface area (Å²) in [5, 5.41) is 2.65. The van der Waals surface area contributed by atoms with E-state index in [9.17, 15) is 26.4 Å². The number of rotatable bonds is 4. The third-order valence-corrected chi connectivity index (χ3v) is 6.47. The lowest BCUT2D eigenvalue weighted by molar-refractivity contribution is -0.113. The van der Waals surface area contributed by atoms with E-state index in [2.05, 4.69) is 10.3 Å². The fraction of sp³-hybridized carbons (Fsp3) is 0.263. The predicted molar refractivity (Wildman–Crippen MR) is 102 cm³/mol. The summed E-state index contributed by atoms with van der Waals surface area (Å²) in [5.41, 5.74) is -6.73. The van der Waals surface area contributed by atoms with Crippen LogP contribution in [0, 0.1) is 0 Å². The minimum absolute atomic E-state index is 0.0221. The van der Waals surface area contributed by atoms with Crippen LogP contribution in [0.4, 0.5) is 23.2 Å². The minimum atomic E-state index is -5.47. The van der Waals surface area contributed by atoms with Crippen LogP contribution in [0.15, 0.2) is 59.1 Å². The quantitative estimate of drug-likeness (QED) is 0.653. The molecule has 5 nitrogen and oxygen atoms in total. The third-order valence-electron chi connectivity index (χ3n) is 4.66. The highest BCUT2D eigenvalue weighted by atomic mass is 35.5. The molecule has 0 radical (unpaired) electrons. The van der Waals surface area contributed by atoms with Crippen LogP contribution in [-0.2, 0) is 20.3 Å². The molecular weight excluding hydrogens is 448 g/mol. The normalized spacial score (nSPS) is 19.8. The molecule has 0 spiro atoms. The van der Waals surface area contributed by atoms with E-state index in [1.165, 1.54) is 18.3 Å². The number of allylic oxidation sites excluding steroid dienone is 1. The van der Waals surface area contributed by atoms with Crippen LogP contribution in [0.2, 0.25) is 5.02 Å². The second-order valence-electron chi connectivity index (χ2n) is 6.66. The van der Waals surface area contributed by atoms with Gasteiger partial charge in [-0.05, 0) is 49.2 Å². The van der Waals surface area contributed by atoms with Crippen molar-refractivity contribution in [3.8, 4) is 0 Å². The molecule has 3 rings (SSSR count). The molecular formula is C19H15ClF4N2O3S. The molecule has 1 aliphatic rings. The number of alkyl halides is 4. The highest BCUT2D eigenvalue weighted by Gasteiger charge is 2.46. The molecule has 0 fully saturated rings. The summed E-state index contributed by atoms with van der Waals surface area (Å²) in [7, 11) is -5.47. The van der Waals surface area contributed by atoms with Gasteiger partial charge in [0.05, 0.1) is 15.6 Å². The second-order valence-corrected chi connectivity index (χ2v) is 9.01. The Balaban J connectivity index is 1.70. The van der Waals surface area contributed by atoms with Crippen LogP contribution >= 0.6 is 11.6 Å². The van der Waals surface area contributed by atoms with Gasteiger partial charge in [0.15, 0.2) is 5.67 Å². The van der Waals surface area contributed by atoms with Gasteiger partial charge in [0.25, 0.3) is 15.7 Å². The van der Waals surface area contributed by atoms with E-state index in [0.29, 0.717) is 5.57 Å². The Kier molecular flexibility index (Phi) is 5.92. The molecule has 0 saturated carbocycles. The molecule has 1 aromatic carbocycles. The first kappa shape index (κ1) is 22.2. The van der Waals surface area contributed by atoms with Crippen molar-refractivity contribution in [2.24, 2.45) is 0 Å². The van der Waals surface area contributed by atoms with Gasteiger partial charge in [0.1, 0.15) is 0 Å². The van der Waals surface area contributed by atoms with Gasteiger partial charge < -0.3 is 5.32 Å². The van der Waals surface area contributed by atoms with Crippen molar-refractivity contribution in [1.29, 1.82) is 0 Å². The number of amides is 1. The maximum Gasteiger partial charge on any atom is 0.501 e. The molecule has 11 heteroatoms. The van der Waals surface area contributed by atoms with Crippen molar-refractivity contribution >= 4 is 33.0 Å². The number of nitrogens with one attached hydrogen (secondary N) is 1. The van der Waals surface area contributed by atoms with Gasteiger partial charge in [-0.25, -0.2) is 12.8 Å². The van der Waals surface area contributed by atoms with Crippen LogP contribution in [-0.4, -0.2) is 24.8 Å². The van der Waals surface area contributed by atoms with E-state index >= 15 is 4.39 Å². The summed E-state index contributed by atoms with van der Waals surface area (Å²) in [4.78, 5) is 15.4. The average Bonchev–Trinajstić information content (AvgIpc) is 2.68. The minimum Gasteiger partial charge on any atom is -0.322 e. The standard InChI is InChI=1S/C19H15ClF4N2O3S/c20-15-2-1-11-25-16(15)18(21)9-7-12(8-10-18)17(27)26-13-3-5-14(6-4-13)30(28,29)19(22,23)24/h1-7,11H,8-10H2,(H,26,27)/t18-/m0/s1. The van der Waals surface area contributed by atoms with Crippen molar-refractivity contribution in [3.63, 3.8) is 0 Å². The molecule has 160 valence electrons. The number of hydrogen-bond donors (Lipinski definition) is 1. The number of benzene rings is 1. The SMILES string of the molecule is O=C(Nc1ccc(S(=O)(=O)C(F)(F)F)cc1)C1=CC[C@@](F)(c2ncccc2Cl)CC1. The van der Waals surface area contributed by atoms with Gasteiger partial charge in [0.2, 0.25) is 0 Å². The topological polar surface area (TPSA) is 76.1 Å². The summed E-state index contributed by atoms with van der Waals surface area (Å²) >= 11 is 6.01. The van der Waals surface area contributed by atoms with E-state index in [4.69, 9.17) is 11.6 Å². The zero-order valence-corrected chi connectivity index (χ0v) is 16.8. The Morgan fingerprint density at radius 1 is 1.17 bits per heavy atom. The number of carbonyl (C=O) groups is 1. The molecule has 0 unspecified atom stereocenters. The number of pyridine rings is 1. The Labute approximate surface area is 174 Å². The second kappa shape index (κ2) is 7.99. The highest BCUT2D eigenvalue weighted by molar-refractivity contribution is 7.92. The molecule has 30 heavy (non-hydrogen) atoms. The van der Waals surface area contributed by atoms with E-state index in [0.717, 1.165) is 24.3 Å². The van der Waals surface area contributed by atoms with Gasteiger partial charge in [-0.3, -0.25) is 9.78 Å². The van der Waals surface area contributed by atoms with Gasteiger partial charge in [-0.1, -0.05) is 17.7 Å². The molecule has 2 aromatic rings. The van der Waals surface area contributed by atoms with Crippen molar-refractivity contribution in [3.05, 3.63) is 65.0 Å². The van der Waals surface area contributed by atoms with E-state index in [1.54, 1.807) is 6.07 Å². The van der Waals surface area contributed by atoms with E-state index < -0.39 is 31.8 Å². The molecule has 1 aromatic heterocycles. The lowest BCUT2D eigenvalue weighted by Gasteiger charge is -2.28. The fourth-order valence-electron chi connectivity index (χ4n) is 3.02. The number of carbonyl (C=O) groups excluding carboxylic acids is 1. The van der Waals surface area contributed by atoms with Crippen LogP contribution < -0.4 is 5.32 Å². The van der Waals surface area contributed by atoms with E-state index in [-0.39, 0.29) is 35.7 Å². The summed E-state index contributed by atoms with van der Waals surface area (Å²) in [6.07, 6.45) is 2.81. The number of aromatic nitrogens is 1. The molecule has 1 aliphatic carbocycles. The lowest BCUT2D eigenvalue weighted by Crippen LogP contribution is -2.27. The first-order chi connectivity index (χ1) is 13.9. The maximum atomic E-state index is 15.2. The van der Waals surface area contributed by atoms with Gasteiger partial charge in [-0.2, -0.15) is 13.2 Å². The molecule has 1 heterocycles.